The summed E-state index contributed by atoms with van der Waals surface area (Å²) >= 11 is 1.90. The van der Waals surface area contributed by atoms with Crippen molar-refractivity contribution in [2.45, 2.75) is 33.9 Å². The van der Waals surface area contributed by atoms with Crippen molar-refractivity contribution < 1.29 is 4.74 Å². The first-order valence-corrected chi connectivity index (χ1v) is 7.55. The molecule has 3 nitrogen and oxygen atoms in total. The van der Waals surface area contributed by atoms with Crippen LogP contribution in [0.4, 0.5) is 0 Å². The minimum Gasteiger partial charge on any atom is -0.380 e. The predicted octanol–water partition coefficient (Wildman–Crippen LogP) is 2.63. The average Bonchev–Trinajstić information content (AvgIpc) is 2.69. The smallest absolute Gasteiger partial charge is 0.0593 e. The number of thiophene rings is 1. The molecule has 0 aliphatic carbocycles. The number of likely N-dealkylation sites (N-methyl/N-ethyl adjacent to an activating group) is 1. The Labute approximate surface area is 115 Å². The van der Waals surface area contributed by atoms with Crippen LogP contribution in [-0.4, -0.2) is 38.3 Å². The van der Waals surface area contributed by atoms with E-state index < -0.39 is 0 Å². The summed E-state index contributed by atoms with van der Waals surface area (Å²) in [6.45, 7) is 12.2. The van der Waals surface area contributed by atoms with E-state index in [-0.39, 0.29) is 0 Å². The van der Waals surface area contributed by atoms with Crippen molar-refractivity contribution in [3.8, 4) is 0 Å². The molecule has 104 valence electrons. The maximum absolute atomic E-state index is 5.43. The Hall–Kier alpha value is -0.420. The van der Waals surface area contributed by atoms with Crippen molar-refractivity contribution in [3.63, 3.8) is 0 Å². The number of hydrogen-bond acceptors (Lipinski definition) is 4. The van der Waals surface area contributed by atoms with Crippen LogP contribution in [0.3, 0.4) is 0 Å². The monoisotopic (exact) mass is 270 g/mol. The van der Waals surface area contributed by atoms with Gasteiger partial charge in [0, 0.05) is 36.0 Å². The summed E-state index contributed by atoms with van der Waals surface area (Å²) in [6, 6.07) is 2.33. The molecule has 1 heterocycles. The van der Waals surface area contributed by atoms with E-state index >= 15 is 0 Å². The maximum atomic E-state index is 5.43. The first-order chi connectivity index (χ1) is 8.71. The second kappa shape index (κ2) is 8.64. The van der Waals surface area contributed by atoms with Gasteiger partial charge in [-0.1, -0.05) is 6.92 Å². The highest BCUT2D eigenvalue weighted by molar-refractivity contribution is 7.12. The Morgan fingerprint density at radius 2 is 2.17 bits per heavy atom. The van der Waals surface area contributed by atoms with Gasteiger partial charge < -0.3 is 10.1 Å². The highest BCUT2D eigenvalue weighted by Gasteiger charge is 2.09. The van der Waals surface area contributed by atoms with E-state index in [1.807, 2.05) is 25.3 Å². The Morgan fingerprint density at radius 3 is 2.78 bits per heavy atom. The number of rotatable bonds is 9. The fraction of sp³-hybridized carbons (Fsp3) is 0.714. The lowest BCUT2D eigenvalue weighted by Crippen LogP contribution is -2.27. The van der Waals surface area contributed by atoms with E-state index in [4.69, 9.17) is 4.74 Å². The molecule has 1 aromatic heterocycles. The Morgan fingerprint density at radius 1 is 1.39 bits per heavy atom. The van der Waals surface area contributed by atoms with Crippen LogP contribution in [-0.2, 0) is 17.8 Å². The summed E-state index contributed by atoms with van der Waals surface area (Å²) in [4.78, 5) is 5.30. The number of nitrogens with zero attached hydrogens (tertiary/aromatic N) is 1. The first kappa shape index (κ1) is 15.6. The molecule has 0 atom stereocenters. The Bertz CT molecular complexity index is 339. The lowest BCUT2D eigenvalue weighted by atomic mass is 10.2. The summed E-state index contributed by atoms with van der Waals surface area (Å²) in [5.41, 5.74) is 1.46. The minimum absolute atomic E-state index is 0.807. The normalized spacial score (nSPS) is 11.4. The lowest BCUT2D eigenvalue weighted by molar-refractivity contribution is 0.113. The highest BCUT2D eigenvalue weighted by atomic mass is 32.1. The fourth-order valence-electron chi connectivity index (χ4n) is 1.93. The van der Waals surface area contributed by atoms with E-state index in [1.165, 1.54) is 15.3 Å². The Balaban J connectivity index is 2.52. The molecular weight excluding hydrogens is 244 g/mol. The zero-order valence-electron chi connectivity index (χ0n) is 12.1. The summed E-state index contributed by atoms with van der Waals surface area (Å²) in [6.07, 6.45) is 0. The predicted molar refractivity (Wildman–Crippen MR) is 79.3 cm³/mol. The van der Waals surface area contributed by atoms with Gasteiger partial charge in [0.2, 0.25) is 0 Å². The van der Waals surface area contributed by atoms with Gasteiger partial charge in [-0.15, -0.1) is 11.3 Å². The van der Waals surface area contributed by atoms with Crippen LogP contribution < -0.4 is 5.32 Å². The van der Waals surface area contributed by atoms with Crippen LogP contribution in [0.1, 0.15) is 29.2 Å². The van der Waals surface area contributed by atoms with Crippen molar-refractivity contribution in [2.75, 3.05) is 33.4 Å². The molecule has 0 saturated carbocycles. The summed E-state index contributed by atoms with van der Waals surface area (Å²) in [5.74, 6) is 0. The molecule has 0 fully saturated rings. The second-order valence-corrected chi connectivity index (χ2v) is 5.73. The second-order valence-electron chi connectivity index (χ2n) is 4.39. The lowest BCUT2D eigenvalue weighted by Gasteiger charge is -2.20. The van der Waals surface area contributed by atoms with Crippen molar-refractivity contribution in [1.29, 1.82) is 0 Å². The van der Waals surface area contributed by atoms with Crippen LogP contribution in [0.5, 0.6) is 0 Å². The molecule has 0 unspecified atom stereocenters. The number of ether oxygens (including phenoxy) is 1. The first-order valence-electron chi connectivity index (χ1n) is 6.74. The SMILES string of the molecule is CCOCCN(CC)Cc1cc(CNC)sc1C. The van der Waals surface area contributed by atoms with E-state index in [0.717, 1.165) is 39.4 Å². The molecule has 0 spiro atoms. The van der Waals surface area contributed by atoms with E-state index in [9.17, 15) is 0 Å². The third-order valence-electron chi connectivity index (χ3n) is 3.02. The fourth-order valence-corrected chi connectivity index (χ4v) is 3.00. The zero-order chi connectivity index (χ0) is 13.4. The molecule has 1 rings (SSSR count). The summed E-state index contributed by atoms with van der Waals surface area (Å²) in [5, 5.41) is 3.21. The van der Waals surface area contributed by atoms with Gasteiger partial charge in [0.1, 0.15) is 0 Å². The van der Waals surface area contributed by atoms with Crippen molar-refractivity contribution >= 4 is 11.3 Å². The van der Waals surface area contributed by atoms with Gasteiger partial charge in [0.25, 0.3) is 0 Å². The molecule has 0 amide bonds. The molecule has 0 saturated heterocycles. The molecule has 0 radical (unpaired) electrons. The number of nitrogens with one attached hydrogen (secondary N) is 1. The van der Waals surface area contributed by atoms with E-state index in [1.54, 1.807) is 0 Å². The molecule has 1 N–H and O–H groups in total. The number of hydrogen-bond donors (Lipinski definition) is 1. The van der Waals surface area contributed by atoms with Gasteiger partial charge in [-0.05, 0) is 39.1 Å². The molecule has 0 aliphatic rings. The van der Waals surface area contributed by atoms with Crippen LogP contribution in [0.25, 0.3) is 0 Å². The maximum Gasteiger partial charge on any atom is 0.0593 e. The third kappa shape index (κ3) is 5.06. The molecule has 0 aromatic carbocycles. The van der Waals surface area contributed by atoms with Crippen LogP contribution in [0.15, 0.2) is 6.07 Å². The molecule has 1 aromatic rings. The van der Waals surface area contributed by atoms with E-state index in [2.05, 4.69) is 30.1 Å². The van der Waals surface area contributed by atoms with Gasteiger partial charge in [-0.3, -0.25) is 4.90 Å². The molecule has 18 heavy (non-hydrogen) atoms. The number of aryl methyl sites for hydroxylation is 1. The zero-order valence-corrected chi connectivity index (χ0v) is 12.9. The van der Waals surface area contributed by atoms with Gasteiger partial charge >= 0.3 is 0 Å². The van der Waals surface area contributed by atoms with Gasteiger partial charge in [0.15, 0.2) is 0 Å². The summed E-state index contributed by atoms with van der Waals surface area (Å²) < 4.78 is 5.43. The van der Waals surface area contributed by atoms with Crippen LogP contribution in [0.2, 0.25) is 0 Å². The Kier molecular flexibility index (Phi) is 7.51. The van der Waals surface area contributed by atoms with Gasteiger partial charge in [-0.2, -0.15) is 0 Å². The molecule has 4 heteroatoms. The third-order valence-corrected chi connectivity index (χ3v) is 4.11. The van der Waals surface area contributed by atoms with Crippen molar-refractivity contribution in [3.05, 3.63) is 21.4 Å². The topological polar surface area (TPSA) is 24.5 Å². The van der Waals surface area contributed by atoms with Crippen LogP contribution >= 0.6 is 11.3 Å². The highest BCUT2D eigenvalue weighted by Crippen LogP contribution is 2.22. The quantitative estimate of drug-likeness (QED) is 0.698. The summed E-state index contributed by atoms with van der Waals surface area (Å²) in [7, 11) is 2.00. The van der Waals surface area contributed by atoms with Crippen molar-refractivity contribution in [1.82, 2.24) is 10.2 Å². The van der Waals surface area contributed by atoms with E-state index in [0.29, 0.717) is 0 Å². The van der Waals surface area contributed by atoms with Crippen molar-refractivity contribution in [2.24, 2.45) is 0 Å². The molecular formula is C14H26N2OS. The van der Waals surface area contributed by atoms with Crippen LogP contribution in [0, 0.1) is 6.92 Å². The van der Waals surface area contributed by atoms with Gasteiger partial charge in [-0.25, -0.2) is 0 Å². The minimum atomic E-state index is 0.807. The molecule has 0 bridgehead atoms. The largest absolute Gasteiger partial charge is 0.380 e. The molecule has 0 aliphatic heterocycles. The standard InChI is InChI=1S/C14H26N2OS/c1-5-16(7-8-17-6-2)11-13-9-14(10-15-4)18-12(13)3/h9,15H,5-8,10-11H2,1-4H3. The van der Waals surface area contributed by atoms with Gasteiger partial charge in [0.05, 0.1) is 6.61 Å². The average molecular weight is 270 g/mol.